The van der Waals surface area contributed by atoms with Crippen molar-refractivity contribution < 1.29 is 9.53 Å². The number of hydrogen-bond acceptors (Lipinski definition) is 4. The van der Waals surface area contributed by atoms with Gasteiger partial charge in [0, 0.05) is 29.2 Å². The number of anilines is 1. The Kier molecular flexibility index (Phi) is 4.43. The maximum atomic E-state index is 12.4. The summed E-state index contributed by atoms with van der Waals surface area (Å²) in [5.74, 6) is 0.461. The van der Waals surface area contributed by atoms with Crippen molar-refractivity contribution in [3.8, 4) is 17.0 Å². The summed E-state index contributed by atoms with van der Waals surface area (Å²) in [6.45, 7) is 2.71. The molecule has 0 fully saturated rings. The van der Waals surface area contributed by atoms with Crippen LogP contribution in [0, 0.1) is 0 Å². The van der Waals surface area contributed by atoms with Gasteiger partial charge in [-0.25, -0.2) is 0 Å². The van der Waals surface area contributed by atoms with Crippen molar-refractivity contribution >= 4 is 22.9 Å². The Morgan fingerprint density at radius 1 is 1.35 bits per heavy atom. The van der Waals surface area contributed by atoms with E-state index >= 15 is 0 Å². The second-order valence-corrected chi connectivity index (χ2v) is 5.71. The Morgan fingerprint density at radius 3 is 2.91 bits per heavy atom. The van der Waals surface area contributed by atoms with Crippen LogP contribution in [0.1, 0.15) is 17.4 Å². The molecule has 0 aliphatic carbocycles. The highest BCUT2D eigenvalue weighted by molar-refractivity contribution is 7.08. The Labute approximate surface area is 138 Å². The van der Waals surface area contributed by atoms with Crippen LogP contribution < -0.4 is 10.1 Å². The molecule has 0 atom stereocenters. The molecule has 2 heterocycles. The van der Waals surface area contributed by atoms with Gasteiger partial charge in [-0.15, -0.1) is 0 Å². The molecule has 1 aromatic carbocycles. The third kappa shape index (κ3) is 3.27. The fourth-order valence-electron chi connectivity index (χ4n) is 2.31. The minimum Gasteiger partial charge on any atom is -0.497 e. The zero-order valence-electron chi connectivity index (χ0n) is 12.9. The Balaban J connectivity index is 1.85. The number of aryl methyl sites for hydroxylation is 1. The van der Waals surface area contributed by atoms with Gasteiger partial charge in [-0.05, 0) is 36.6 Å². The SMILES string of the molecule is CCn1nc(C(=O)Nc2cccc(OC)c2)cc1-c1ccsc1. The van der Waals surface area contributed by atoms with E-state index in [1.54, 1.807) is 24.5 Å². The number of rotatable bonds is 5. The van der Waals surface area contributed by atoms with Crippen molar-refractivity contribution in [2.75, 3.05) is 12.4 Å². The van der Waals surface area contributed by atoms with Crippen molar-refractivity contribution in [2.24, 2.45) is 0 Å². The molecule has 0 radical (unpaired) electrons. The summed E-state index contributed by atoms with van der Waals surface area (Å²) in [4.78, 5) is 12.4. The summed E-state index contributed by atoms with van der Waals surface area (Å²) in [6, 6.07) is 11.1. The first-order chi connectivity index (χ1) is 11.2. The molecule has 0 saturated heterocycles. The number of carbonyl (C=O) groups is 1. The van der Waals surface area contributed by atoms with Gasteiger partial charge in [0.1, 0.15) is 5.75 Å². The van der Waals surface area contributed by atoms with Crippen LogP contribution >= 0.6 is 11.3 Å². The van der Waals surface area contributed by atoms with E-state index in [2.05, 4.69) is 10.4 Å². The fraction of sp³-hybridized carbons (Fsp3) is 0.176. The van der Waals surface area contributed by atoms with Gasteiger partial charge in [0.25, 0.3) is 5.91 Å². The molecule has 5 nitrogen and oxygen atoms in total. The van der Waals surface area contributed by atoms with Crippen molar-refractivity contribution in [3.63, 3.8) is 0 Å². The van der Waals surface area contributed by atoms with E-state index < -0.39 is 0 Å². The number of aromatic nitrogens is 2. The summed E-state index contributed by atoms with van der Waals surface area (Å²) in [7, 11) is 1.59. The second-order valence-electron chi connectivity index (χ2n) is 4.93. The first-order valence-corrected chi connectivity index (χ1v) is 8.21. The molecule has 3 aromatic rings. The van der Waals surface area contributed by atoms with Gasteiger partial charge in [-0.2, -0.15) is 16.4 Å². The van der Waals surface area contributed by atoms with E-state index in [1.807, 2.05) is 52.7 Å². The van der Waals surface area contributed by atoms with Gasteiger partial charge in [0.2, 0.25) is 0 Å². The number of benzene rings is 1. The molecule has 0 saturated carbocycles. The smallest absolute Gasteiger partial charge is 0.276 e. The number of amides is 1. The van der Waals surface area contributed by atoms with Gasteiger partial charge in [-0.1, -0.05) is 6.07 Å². The second kappa shape index (κ2) is 6.66. The van der Waals surface area contributed by atoms with Crippen LogP contribution in [-0.4, -0.2) is 22.8 Å². The lowest BCUT2D eigenvalue weighted by Crippen LogP contribution is -2.13. The Hall–Kier alpha value is -2.60. The first-order valence-electron chi connectivity index (χ1n) is 7.27. The molecular formula is C17H17N3O2S. The van der Waals surface area contributed by atoms with Crippen LogP contribution in [0.2, 0.25) is 0 Å². The van der Waals surface area contributed by atoms with Crippen LogP contribution in [0.15, 0.2) is 47.2 Å². The summed E-state index contributed by atoms with van der Waals surface area (Å²) in [5, 5.41) is 11.3. The number of hydrogen-bond donors (Lipinski definition) is 1. The molecule has 0 aliphatic rings. The number of carbonyl (C=O) groups excluding carboxylic acids is 1. The van der Waals surface area contributed by atoms with Crippen molar-refractivity contribution in [3.05, 3.63) is 52.9 Å². The normalized spacial score (nSPS) is 10.5. The van der Waals surface area contributed by atoms with Crippen molar-refractivity contribution in [1.29, 1.82) is 0 Å². The number of ether oxygens (including phenoxy) is 1. The summed E-state index contributed by atoms with van der Waals surface area (Å²) < 4.78 is 7.00. The quantitative estimate of drug-likeness (QED) is 0.773. The van der Waals surface area contributed by atoms with E-state index in [9.17, 15) is 4.79 Å². The Bertz CT molecular complexity index is 809. The minimum atomic E-state index is -0.234. The minimum absolute atomic E-state index is 0.234. The molecule has 1 amide bonds. The monoisotopic (exact) mass is 327 g/mol. The average Bonchev–Trinajstić information content (AvgIpc) is 3.23. The van der Waals surface area contributed by atoms with Crippen LogP contribution in [0.5, 0.6) is 5.75 Å². The lowest BCUT2D eigenvalue weighted by Gasteiger charge is -2.05. The third-order valence-electron chi connectivity index (χ3n) is 3.46. The summed E-state index contributed by atoms with van der Waals surface area (Å²) >= 11 is 1.62. The van der Waals surface area contributed by atoms with Crippen LogP contribution in [0.4, 0.5) is 5.69 Å². The van der Waals surface area contributed by atoms with E-state index in [-0.39, 0.29) is 5.91 Å². The zero-order chi connectivity index (χ0) is 16.2. The van der Waals surface area contributed by atoms with Gasteiger partial charge in [-0.3, -0.25) is 9.48 Å². The molecule has 0 aliphatic heterocycles. The highest BCUT2D eigenvalue weighted by Crippen LogP contribution is 2.24. The van der Waals surface area contributed by atoms with Crippen molar-refractivity contribution in [1.82, 2.24) is 9.78 Å². The molecule has 2 aromatic heterocycles. The molecular weight excluding hydrogens is 310 g/mol. The zero-order valence-corrected chi connectivity index (χ0v) is 13.8. The van der Waals surface area contributed by atoms with E-state index in [0.717, 1.165) is 11.3 Å². The third-order valence-corrected chi connectivity index (χ3v) is 4.14. The Morgan fingerprint density at radius 2 is 2.22 bits per heavy atom. The fourth-order valence-corrected chi connectivity index (χ4v) is 2.96. The van der Waals surface area contributed by atoms with Gasteiger partial charge < -0.3 is 10.1 Å². The summed E-state index contributed by atoms with van der Waals surface area (Å²) in [6.07, 6.45) is 0. The van der Waals surface area contributed by atoms with Crippen LogP contribution in [0.3, 0.4) is 0 Å². The molecule has 6 heteroatoms. The predicted octanol–water partition coefficient (Wildman–Crippen LogP) is 3.89. The molecule has 118 valence electrons. The highest BCUT2D eigenvalue weighted by atomic mass is 32.1. The largest absolute Gasteiger partial charge is 0.497 e. The molecule has 0 unspecified atom stereocenters. The highest BCUT2D eigenvalue weighted by Gasteiger charge is 2.15. The first kappa shape index (κ1) is 15.3. The average molecular weight is 327 g/mol. The van der Waals surface area contributed by atoms with Gasteiger partial charge >= 0.3 is 0 Å². The van der Waals surface area contributed by atoms with E-state index in [1.165, 1.54) is 0 Å². The lowest BCUT2D eigenvalue weighted by atomic mass is 10.2. The molecule has 1 N–H and O–H groups in total. The maximum Gasteiger partial charge on any atom is 0.276 e. The molecule has 3 rings (SSSR count). The molecule has 0 spiro atoms. The maximum absolute atomic E-state index is 12.4. The number of nitrogens with one attached hydrogen (secondary N) is 1. The van der Waals surface area contributed by atoms with E-state index in [0.29, 0.717) is 23.7 Å². The topological polar surface area (TPSA) is 56.2 Å². The van der Waals surface area contributed by atoms with Crippen LogP contribution in [-0.2, 0) is 6.54 Å². The van der Waals surface area contributed by atoms with Crippen LogP contribution in [0.25, 0.3) is 11.3 Å². The van der Waals surface area contributed by atoms with E-state index in [4.69, 9.17) is 4.74 Å². The lowest BCUT2D eigenvalue weighted by molar-refractivity contribution is 0.102. The number of methoxy groups -OCH3 is 1. The van der Waals surface area contributed by atoms with Gasteiger partial charge in [0.05, 0.1) is 12.8 Å². The summed E-state index contributed by atoms with van der Waals surface area (Å²) in [5.41, 5.74) is 3.10. The standard InChI is InChI=1S/C17H17N3O2S/c1-3-20-16(12-7-8-23-11-12)10-15(19-20)17(21)18-13-5-4-6-14(9-13)22-2/h4-11H,3H2,1-2H3,(H,18,21). The molecule has 0 bridgehead atoms. The number of nitrogens with zero attached hydrogens (tertiary/aromatic N) is 2. The molecule has 23 heavy (non-hydrogen) atoms. The predicted molar refractivity (Wildman–Crippen MR) is 92.2 cm³/mol. The van der Waals surface area contributed by atoms with Crippen molar-refractivity contribution in [2.45, 2.75) is 13.5 Å². The van der Waals surface area contributed by atoms with Gasteiger partial charge in [0.15, 0.2) is 5.69 Å². The number of thiophene rings is 1.